The summed E-state index contributed by atoms with van der Waals surface area (Å²) in [4.78, 5) is 11.6. The highest BCUT2D eigenvalue weighted by molar-refractivity contribution is 5.80. The lowest BCUT2D eigenvalue weighted by atomic mass is 9.96. The molecule has 0 spiro atoms. The SMILES string of the molecule is CCC(CC)C(O)CNC(=O)CNc1ccccc1. The zero-order valence-electron chi connectivity index (χ0n) is 11.7. The van der Waals surface area contributed by atoms with Crippen LogP contribution < -0.4 is 10.6 Å². The van der Waals surface area contributed by atoms with Gasteiger partial charge in [0.05, 0.1) is 12.6 Å². The van der Waals surface area contributed by atoms with Crippen LogP contribution in [-0.2, 0) is 4.79 Å². The largest absolute Gasteiger partial charge is 0.391 e. The van der Waals surface area contributed by atoms with Crippen LogP contribution in [0.5, 0.6) is 0 Å². The maximum Gasteiger partial charge on any atom is 0.239 e. The molecule has 0 radical (unpaired) electrons. The molecule has 106 valence electrons. The molecule has 0 aliphatic heterocycles. The number of nitrogens with one attached hydrogen (secondary N) is 2. The molecule has 4 heteroatoms. The van der Waals surface area contributed by atoms with Gasteiger partial charge in [-0.2, -0.15) is 0 Å². The maximum atomic E-state index is 11.6. The zero-order valence-corrected chi connectivity index (χ0v) is 11.7. The van der Waals surface area contributed by atoms with Crippen molar-refractivity contribution in [3.05, 3.63) is 30.3 Å². The lowest BCUT2D eigenvalue weighted by Crippen LogP contribution is -2.38. The quantitative estimate of drug-likeness (QED) is 0.673. The van der Waals surface area contributed by atoms with Gasteiger partial charge in [0, 0.05) is 12.2 Å². The molecule has 19 heavy (non-hydrogen) atoms. The van der Waals surface area contributed by atoms with Crippen molar-refractivity contribution < 1.29 is 9.90 Å². The topological polar surface area (TPSA) is 61.4 Å². The van der Waals surface area contributed by atoms with Crippen molar-refractivity contribution in [2.24, 2.45) is 5.92 Å². The number of rotatable bonds is 8. The smallest absolute Gasteiger partial charge is 0.239 e. The van der Waals surface area contributed by atoms with E-state index in [2.05, 4.69) is 24.5 Å². The number of hydrogen-bond donors (Lipinski definition) is 3. The molecule has 0 bridgehead atoms. The summed E-state index contributed by atoms with van der Waals surface area (Å²) in [7, 11) is 0. The molecule has 1 unspecified atom stereocenters. The van der Waals surface area contributed by atoms with Gasteiger partial charge in [0.1, 0.15) is 0 Å². The Bertz CT molecular complexity index is 364. The van der Waals surface area contributed by atoms with Gasteiger partial charge in [0.2, 0.25) is 5.91 Å². The molecular weight excluding hydrogens is 240 g/mol. The van der Waals surface area contributed by atoms with Gasteiger partial charge in [-0.3, -0.25) is 4.79 Å². The van der Waals surface area contributed by atoms with E-state index in [-0.39, 0.29) is 18.4 Å². The Hall–Kier alpha value is -1.55. The summed E-state index contributed by atoms with van der Waals surface area (Å²) >= 11 is 0. The minimum Gasteiger partial charge on any atom is -0.391 e. The predicted molar refractivity (Wildman–Crippen MR) is 78.0 cm³/mol. The summed E-state index contributed by atoms with van der Waals surface area (Å²) in [6.07, 6.45) is 1.39. The van der Waals surface area contributed by atoms with Crippen LogP contribution in [0.25, 0.3) is 0 Å². The number of carbonyl (C=O) groups excluding carboxylic acids is 1. The van der Waals surface area contributed by atoms with Crippen LogP contribution in [0.3, 0.4) is 0 Å². The van der Waals surface area contributed by atoms with Crippen molar-refractivity contribution in [1.82, 2.24) is 5.32 Å². The standard InChI is InChI=1S/C15H24N2O2/c1-3-12(4-2)14(18)10-17-15(19)11-16-13-8-6-5-7-9-13/h5-9,12,14,16,18H,3-4,10-11H2,1-2H3,(H,17,19). The van der Waals surface area contributed by atoms with Crippen LogP contribution in [0.1, 0.15) is 26.7 Å². The molecular formula is C15H24N2O2. The van der Waals surface area contributed by atoms with Gasteiger partial charge >= 0.3 is 0 Å². The first kappa shape index (κ1) is 15.5. The van der Waals surface area contributed by atoms with Crippen molar-refractivity contribution in [1.29, 1.82) is 0 Å². The summed E-state index contributed by atoms with van der Waals surface area (Å²) in [5, 5.41) is 15.7. The second-order valence-corrected chi connectivity index (χ2v) is 4.67. The molecule has 4 nitrogen and oxygen atoms in total. The number of carbonyl (C=O) groups is 1. The highest BCUT2D eigenvalue weighted by Gasteiger charge is 2.15. The highest BCUT2D eigenvalue weighted by atomic mass is 16.3. The fourth-order valence-corrected chi connectivity index (χ4v) is 2.02. The Morgan fingerprint density at radius 3 is 2.42 bits per heavy atom. The van der Waals surface area contributed by atoms with Crippen LogP contribution >= 0.6 is 0 Å². The van der Waals surface area contributed by atoms with Gasteiger partial charge in [-0.15, -0.1) is 0 Å². The van der Waals surface area contributed by atoms with E-state index in [1.807, 2.05) is 30.3 Å². The average Bonchev–Trinajstić information content (AvgIpc) is 2.45. The molecule has 0 saturated carbocycles. The second kappa shape index (κ2) is 8.53. The van der Waals surface area contributed by atoms with E-state index in [9.17, 15) is 9.90 Å². The minimum atomic E-state index is -0.462. The Morgan fingerprint density at radius 1 is 1.21 bits per heavy atom. The molecule has 1 atom stereocenters. The summed E-state index contributed by atoms with van der Waals surface area (Å²) in [6, 6.07) is 9.57. The van der Waals surface area contributed by atoms with Crippen molar-refractivity contribution in [3.63, 3.8) is 0 Å². The van der Waals surface area contributed by atoms with Gasteiger partial charge in [-0.05, 0) is 18.1 Å². The van der Waals surface area contributed by atoms with E-state index in [1.165, 1.54) is 0 Å². The van der Waals surface area contributed by atoms with Crippen molar-refractivity contribution >= 4 is 11.6 Å². The molecule has 0 aliphatic rings. The van der Waals surface area contributed by atoms with Crippen LogP contribution in [0.2, 0.25) is 0 Å². The summed E-state index contributed by atoms with van der Waals surface area (Å²) in [6.45, 7) is 4.65. The fraction of sp³-hybridized carbons (Fsp3) is 0.533. The number of amides is 1. The summed E-state index contributed by atoms with van der Waals surface area (Å²) < 4.78 is 0. The van der Waals surface area contributed by atoms with E-state index in [1.54, 1.807) is 0 Å². The third-order valence-electron chi connectivity index (χ3n) is 3.33. The number of para-hydroxylation sites is 1. The maximum absolute atomic E-state index is 11.6. The molecule has 0 aliphatic carbocycles. The predicted octanol–water partition coefficient (Wildman–Crippen LogP) is 2.01. The van der Waals surface area contributed by atoms with Crippen molar-refractivity contribution in [2.45, 2.75) is 32.8 Å². The molecule has 0 saturated heterocycles. The fourth-order valence-electron chi connectivity index (χ4n) is 2.02. The van der Waals surface area contributed by atoms with Gasteiger partial charge in [-0.1, -0.05) is 44.9 Å². The minimum absolute atomic E-state index is 0.103. The molecule has 3 N–H and O–H groups in total. The summed E-state index contributed by atoms with van der Waals surface area (Å²) in [5.41, 5.74) is 0.915. The summed E-state index contributed by atoms with van der Waals surface area (Å²) in [5.74, 6) is 0.149. The molecule has 1 rings (SSSR count). The van der Waals surface area contributed by atoms with Gasteiger partial charge in [-0.25, -0.2) is 0 Å². The number of hydrogen-bond acceptors (Lipinski definition) is 3. The molecule has 0 heterocycles. The Kier molecular flexibility index (Phi) is 6.97. The van der Waals surface area contributed by atoms with Crippen LogP contribution in [0.15, 0.2) is 30.3 Å². The Morgan fingerprint density at radius 2 is 1.84 bits per heavy atom. The van der Waals surface area contributed by atoms with E-state index in [0.717, 1.165) is 18.5 Å². The third-order valence-corrected chi connectivity index (χ3v) is 3.33. The molecule has 1 aromatic carbocycles. The van der Waals surface area contributed by atoms with Crippen LogP contribution in [0, 0.1) is 5.92 Å². The zero-order chi connectivity index (χ0) is 14.1. The van der Waals surface area contributed by atoms with Crippen LogP contribution in [-0.4, -0.2) is 30.2 Å². The lowest BCUT2D eigenvalue weighted by Gasteiger charge is -2.20. The number of benzene rings is 1. The van der Waals surface area contributed by atoms with E-state index < -0.39 is 6.10 Å². The number of anilines is 1. The number of aliphatic hydroxyl groups is 1. The first-order valence-electron chi connectivity index (χ1n) is 6.91. The molecule has 0 fully saturated rings. The van der Waals surface area contributed by atoms with E-state index in [0.29, 0.717) is 6.54 Å². The second-order valence-electron chi connectivity index (χ2n) is 4.67. The average molecular weight is 264 g/mol. The molecule has 1 aromatic rings. The Balaban J connectivity index is 2.24. The monoisotopic (exact) mass is 264 g/mol. The lowest BCUT2D eigenvalue weighted by molar-refractivity contribution is -0.120. The number of aliphatic hydroxyl groups excluding tert-OH is 1. The van der Waals surface area contributed by atoms with E-state index >= 15 is 0 Å². The van der Waals surface area contributed by atoms with E-state index in [4.69, 9.17) is 0 Å². The van der Waals surface area contributed by atoms with Crippen molar-refractivity contribution in [2.75, 3.05) is 18.4 Å². The van der Waals surface area contributed by atoms with Gasteiger partial charge in [0.25, 0.3) is 0 Å². The normalized spacial score (nSPS) is 12.2. The first-order chi connectivity index (χ1) is 9.17. The Labute approximate surface area is 115 Å². The van der Waals surface area contributed by atoms with Gasteiger partial charge in [0.15, 0.2) is 0 Å². The van der Waals surface area contributed by atoms with Gasteiger partial charge < -0.3 is 15.7 Å². The third kappa shape index (κ3) is 5.75. The highest BCUT2D eigenvalue weighted by Crippen LogP contribution is 2.12. The molecule has 1 amide bonds. The van der Waals surface area contributed by atoms with Crippen molar-refractivity contribution in [3.8, 4) is 0 Å². The first-order valence-corrected chi connectivity index (χ1v) is 6.91. The molecule has 0 aromatic heterocycles. The van der Waals surface area contributed by atoms with Crippen LogP contribution in [0.4, 0.5) is 5.69 Å².